The minimum atomic E-state index is -1.66. The minimum absolute atomic E-state index is 0.137. The van der Waals surface area contributed by atoms with E-state index in [1.807, 2.05) is 12.1 Å². The molecule has 3 atom stereocenters. The van der Waals surface area contributed by atoms with Gasteiger partial charge in [-0.15, -0.1) is 0 Å². The molecule has 0 aromatic carbocycles. The molecule has 0 unspecified atom stereocenters. The van der Waals surface area contributed by atoms with E-state index in [4.69, 9.17) is 4.74 Å². The van der Waals surface area contributed by atoms with Gasteiger partial charge in [-0.05, 0) is 49.7 Å². The number of carbonyl (C=O) groups is 2. The maximum absolute atomic E-state index is 14.4. The highest BCUT2D eigenvalue weighted by molar-refractivity contribution is 5.86. The molecule has 1 saturated carbocycles. The van der Waals surface area contributed by atoms with Crippen LogP contribution >= 0.6 is 0 Å². The van der Waals surface area contributed by atoms with Crippen molar-refractivity contribution in [2.24, 2.45) is 5.92 Å². The van der Waals surface area contributed by atoms with Gasteiger partial charge in [-0.3, -0.25) is 14.6 Å². The Morgan fingerprint density at radius 3 is 2.96 bits per heavy atom. The molecule has 0 bridgehead atoms. The van der Waals surface area contributed by atoms with E-state index in [-0.39, 0.29) is 17.9 Å². The Balaban J connectivity index is 1.30. The second-order valence-corrected chi connectivity index (χ2v) is 7.60. The summed E-state index contributed by atoms with van der Waals surface area (Å²) in [7, 11) is 0. The minimum Gasteiger partial charge on any atom is -0.363 e. The first-order valence-electron chi connectivity index (χ1n) is 9.35. The summed E-state index contributed by atoms with van der Waals surface area (Å²) in [5, 5.41) is 2.88. The predicted molar refractivity (Wildman–Crippen MR) is 91.7 cm³/mol. The van der Waals surface area contributed by atoms with Crippen LogP contribution in [0, 0.1) is 5.92 Å². The maximum Gasteiger partial charge on any atom is 0.260 e. The lowest BCUT2D eigenvalue weighted by molar-refractivity contribution is -0.154. The highest BCUT2D eigenvalue weighted by atomic mass is 19.1. The quantitative estimate of drug-likeness (QED) is 0.884. The van der Waals surface area contributed by atoms with E-state index in [1.165, 1.54) is 0 Å². The van der Waals surface area contributed by atoms with Gasteiger partial charge < -0.3 is 15.0 Å². The summed E-state index contributed by atoms with van der Waals surface area (Å²) in [5.74, 6) is -0.275. The average Bonchev–Trinajstić information content (AvgIpc) is 3.07. The number of rotatable bonds is 4. The number of aromatic nitrogens is 1. The number of carbonyl (C=O) groups excluding carboxylic acids is 2. The Kier molecular flexibility index (Phi) is 4.65. The smallest absolute Gasteiger partial charge is 0.260 e. The number of fused-ring (bicyclic) bond motifs is 1. The van der Waals surface area contributed by atoms with E-state index in [9.17, 15) is 14.0 Å². The van der Waals surface area contributed by atoms with Crippen LogP contribution in [0.5, 0.6) is 0 Å². The number of piperidine rings is 1. The number of halogens is 1. The number of pyridine rings is 1. The second-order valence-electron chi connectivity index (χ2n) is 7.60. The third-order valence-corrected chi connectivity index (χ3v) is 5.85. The number of nitrogens with one attached hydrogen (secondary N) is 1. The van der Waals surface area contributed by atoms with Crippen LogP contribution < -0.4 is 5.32 Å². The molecule has 7 heteroatoms. The number of hydrogen-bond acceptors (Lipinski definition) is 4. The molecule has 0 radical (unpaired) electrons. The SMILES string of the molecule is O=C(NCc1cccnc1)[C@H]1C[C@@H]2CCN(C(=O)C3(F)CCC3)C[C@@H]2O1. The largest absolute Gasteiger partial charge is 0.363 e. The monoisotopic (exact) mass is 361 g/mol. The van der Waals surface area contributed by atoms with Gasteiger partial charge in [-0.1, -0.05) is 6.07 Å². The van der Waals surface area contributed by atoms with Crippen LogP contribution in [-0.2, 0) is 20.9 Å². The van der Waals surface area contributed by atoms with Crippen molar-refractivity contribution in [3.05, 3.63) is 30.1 Å². The molecule has 2 aliphatic heterocycles. The van der Waals surface area contributed by atoms with Crippen LogP contribution in [0.3, 0.4) is 0 Å². The topological polar surface area (TPSA) is 71.5 Å². The van der Waals surface area contributed by atoms with Crippen LogP contribution in [0.15, 0.2) is 24.5 Å². The van der Waals surface area contributed by atoms with Gasteiger partial charge in [0.25, 0.3) is 5.91 Å². The molecule has 1 aromatic heterocycles. The van der Waals surface area contributed by atoms with Crippen LogP contribution in [0.1, 0.15) is 37.7 Å². The predicted octanol–water partition coefficient (Wildman–Crippen LogP) is 1.60. The first kappa shape index (κ1) is 17.4. The van der Waals surface area contributed by atoms with Crippen molar-refractivity contribution in [2.45, 2.75) is 56.5 Å². The summed E-state index contributed by atoms with van der Waals surface area (Å²) in [5.41, 5.74) is -0.729. The van der Waals surface area contributed by atoms with Crippen molar-refractivity contribution in [2.75, 3.05) is 13.1 Å². The average molecular weight is 361 g/mol. The molecule has 2 amide bonds. The number of likely N-dealkylation sites (tertiary alicyclic amines) is 1. The number of hydrogen-bond donors (Lipinski definition) is 1. The van der Waals surface area contributed by atoms with E-state index in [0.29, 0.717) is 38.9 Å². The molecule has 140 valence electrons. The summed E-state index contributed by atoms with van der Waals surface area (Å²) in [6, 6.07) is 3.73. The fourth-order valence-corrected chi connectivity index (χ4v) is 4.07. The van der Waals surface area contributed by atoms with E-state index < -0.39 is 17.7 Å². The molecule has 6 nitrogen and oxygen atoms in total. The van der Waals surface area contributed by atoms with Gasteiger partial charge in [-0.2, -0.15) is 0 Å². The molecular weight excluding hydrogens is 337 g/mol. The molecule has 3 heterocycles. The van der Waals surface area contributed by atoms with Gasteiger partial charge >= 0.3 is 0 Å². The number of alkyl halides is 1. The van der Waals surface area contributed by atoms with E-state index in [1.54, 1.807) is 17.3 Å². The molecule has 0 spiro atoms. The molecule has 2 saturated heterocycles. The Morgan fingerprint density at radius 2 is 2.27 bits per heavy atom. The summed E-state index contributed by atoms with van der Waals surface area (Å²) in [4.78, 5) is 30.4. The standard InChI is InChI=1S/C19H24FN3O3/c20-19(5-2-6-19)18(25)23-8-4-14-9-15(26-16(14)12-23)17(24)22-11-13-3-1-7-21-10-13/h1,3,7,10,14-16H,2,4-6,8-9,11-12H2,(H,22,24)/t14-,15+,16-/m0/s1. The summed E-state index contributed by atoms with van der Waals surface area (Å²) in [6.45, 7) is 1.36. The number of ether oxygens (including phenoxy) is 1. The first-order valence-corrected chi connectivity index (χ1v) is 9.35. The molecular formula is C19H24FN3O3. The highest BCUT2D eigenvalue weighted by Gasteiger charge is 2.50. The van der Waals surface area contributed by atoms with E-state index in [2.05, 4.69) is 10.3 Å². The van der Waals surface area contributed by atoms with Crippen LogP contribution in [0.4, 0.5) is 4.39 Å². The highest BCUT2D eigenvalue weighted by Crippen LogP contribution is 2.40. The van der Waals surface area contributed by atoms with Crippen molar-refractivity contribution in [1.82, 2.24) is 15.2 Å². The molecule has 3 aliphatic rings. The third kappa shape index (κ3) is 3.32. The van der Waals surface area contributed by atoms with Crippen molar-refractivity contribution in [1.29, 1.82) is 0 Å². The zero-order valence-electron chi connectivity index (χ0n) is 14.7. The first-order chi connectivity index (χ1) is 12.5. The molecule has 4 rings (SSSR count). The van der Waals surface area contributed by atoms with Crippen molar-refractivity contribution < 1.29 is 18.7 Å². The maximum atomic E-state index is 14.4. The van der Waals surface area contributed by atoms with Crippen molar-refractivity contribution >= 4 is 11.8 Å². The molecule has 1 aliphatic carbocycles. The normalized spacial score (nSPS) is 29.6. The van der Waals surface area contributed by atoms with Crippen LogP contribution in [0.2, 0.25) is 0 Å². The number of amides is 2. The van der Waals surface area contributed by atoms with Gasteiger partial charge in [0, 0.05) is 32.0 Å². The van der Waals surface area contributed by atoms with Gasteiger partial charge in [-0.25, -0.2) is 4.39 Å². The Labute approximate surface area is 152 Å². The fraction of sp³-hybridized carbons (Fsp3) is 0.632. The number of nitrogens with zero attached hydrogens (tertiary/aromatic N) is 2. The Hall–Kier alpha value is -2.02. The van der Waals surface area contributed by atoms with Gasteiger partial charge in [0.2, 0.25) is 5.91 Å². The van der Waals surface area contributed by atoms with Crippen LogP contribution in [-0.4, -0.2) is 52.7 Å². The summed E-state index contributed by atoms with van der Waals surface area (Å²) >= 11 is 0. The lowest BCUT2D eigenvalue weighted by Gasteiger charge is -2.41. The van der Waals surface area contributed by atoms with Crippen molar-refractivity contribution in [3.63, 3.8) is 0 Å². The zero-order chi connectivity index (χ0) is 18.1. The fourth-order valence-electron chi connectivity index (χ4n) is 4.07. The van der Waals surface area contributed by atoms with E-state index in [0.717, 1.165) is 18.4 Å². The van der Waals surface area contributed by atoms with Crippen molar-refractivity contribution in [3.8, 4) is 0 Å². The Morgan fingerprint density at radius 1 is 1.42 bits per heavy atom. The van der Waals surface area contributed by atoms with Gasteiger partial charge in [0.15, 0.2) is 5.67 Å². The zero-order valence-corrected chi connectivity index (χ0v) is 14.7. The molecule has 26 heavy (non-hydrogen) atoms. The third-order valence-electron chi connectivity index (χ3n) is 5.85. The lowest BCUT2D eigenvalue weighted by atomic mass is 9.80. The van der Waals surface area contributed by atoms with Gasteiger partial charge in [0.05, 0.1) is 6.10 Å². The second kappa shape index (κ2) is 6.95. The Bertz CT molecular complexity index is 680. The van der Waals surface area contributed by atoms with Crippen LogP contribution in [0.25, 0.3) is 0 Å². The van der Waals surface area contributed by atoms with Gasteiger partial charge in [0.1, 0.15) is 6.10 Å². The summed E-state index contributed by atoms with van der Waals surface area (Å²) < 4.78 is 20.3. The molecule has 1 N–H and O–H groups in total. The summed E-state index contributed by atoms with van der Waals surface area (Å²) in [6.07, 6.45) is 5.59. The lowest BCUT2D eigenvalue weighted by Crippen LogP contribution is -2.55. The molecule has 1 aromatic rings. The van der Waals surface area contributed by atoms with E-state index >= 15 is 0 Å². The molecule has 3 fully saturated rings.